The van der Waals surface area contributed by atoms with Crippen LogP contribution in [0.15, 0.2) is 82.8 Å². The number of nitrogens with zero attached hydrogens (tertiary/aromatic N) is 2. The second kappa shape index (κ2) is 9.36. The minimum Gasteiger partial charge on any atom is -0.284 e. The van der Waals surface area contributed by atoms with Gasteiger partial charge in [0.05, 0.1) is 22.4 Å². The second-order valence-electron chi connectivity index (χ2n) is 7.64. The molecular formula is C23H21ClFN3O4S2. The maximum absolute atomic E-state index is 14.0. The number of benzene rings is 3. The zero-order valence-electron chi connectivity index (χ0n) is 18.0. The van der Waals surface area contributed by atoms with E-state index in [1.807, 2.05) is 0 Å². The number of hydrogen-bond donors (Lipinski definition) is 1. The molecule has 34 heavy (non-hydrogen) atoms. The Labute approximate surface area is 203 Å². The molecule has 0 aliphatic carbocycles. The largest absolute Gasteiger partial charge is 0.284 e. The number of nitrogens with one attached hydrogen (secondary N) is 1. The molecule has 0 saturated heterocycles. The lowest BCUT2D eigenvalue weighted by Crippen LogP contribution is -2.27. The Balaban J connectivity index is 1.73. The van der Waals surface area contributed by atoms with Crippen molar-refractivity contribution < 1.29 is 21.2 Å². The van der Waals surface area contributed by atoms with Crippen molar-refractivity contribution in [2.75, 3.05) is 10.5 Å². The number of hydrogen-bond acceptors (Lipinski definition) is 5. The van der Waals surface area contributed by atoms with Crippen LogP contribution in [-0.4, -0.2) is 32.7 Å². The molecule has 0 unspecified atom stereocenters. The van der Waals surface area contributed by atoms with Crippen molar-refractivity contribution in [1.29, 1.82) is 0 Å². The molecule has 178 valence electrons. The van der Waals surface area contributed by atoms with Crippen molar-refractivity contribution in [2.45, 2.75) is 24.3 Å². The monoisotopic (exact) mass is 521 g/mol. The van der Waals surface area contributed by atoms with Gasteiger partial charge in [-0.3, -0.25) is 4.72 Å². The first-order valence-electron chi connectivity index (χ1n) is 10.3. The van der Waals surface area contributed by atoms with E-state index >= 15 is 0 Å². The van der Waals surface area contributed by atoms with E-state index in [1.165, 1.54) is 43.3 Å². The van der Waals surface area contributed by atoms with Crippen LogP contribution in [-0.2, 0) is 20.0 Å². The van der Waals surface area contributed by atoms with Crippen molar-refractivity contribution in [1.82, 2.24) is 4.41 Å². The highest BCUT2D eigenvalue weighted by Gasteiger charge is 2.38. The zero-order valence-corrected chi connectivity index (χ0v) is 20.4. The van der Waals surface area contributed by atoms with E-state index in [1.54, 1.807) is 36.4 Å². The summed E-state index contributed by atoms with van der Waals surface area (Å²) in [5.74, 6) is -0.550. The Hall–Kier alpha value is -2.95. The fourth-order valence-corrected chi connectivity index (χ4v) is 5.94. The summed E-state index contributed by atoms with van der Waals surface area (Å²) in [5, 5.41) is 4.66. The number of hydrazone groups is 1. The molecule has 4 rings (SSSR count). The quantitative estimate of drug-likeness (QED) is 0.484. The van der Waals surface area contributed by atoms with Gasteiger partial charge in [-0.05, 0) is 60.5 Å². The average Bonchev–Trinajstić information content (AvgIpc) is 3.26. The highest BCUT2D eigenvalue weighted by atomic mass is 35.5. The van der Waals surface area contributed by atoms with Crippen LogP contribution < -0.4 is 4.72 Å². The van der Waals surface area contributed by atoms with Crippen LogP contribution in [0, 0.1) is 5.82 Å². The van der Waals surface area contributed by atoms with Gasteiger partial charge in [0, 0.05) is 17.1 Å². The van der Waals surface area contributed by atoms with E-state index in [0.29, 0.717) is 22.5 Å². The molecular weight excluding hydrogens is 501 g/mol. The van der Waals surface area contributed by atoms with Gasteiger partial charge in [-0.2, -0.15) is 17.9 Å². The maximum Gasteiger partial charge on any atom is 0.279 e. The molecule has 0 aromatic heterocycles. The lowest BCUT2D eigenvalue weighted by molar-refractivity contribution is 0.370. The fraction of sp³-hybridized carbons (Fsp3) is 0.174. The SMILES string of the molecule is CCS(=O)(=O)Nc1ccc(C2=NN(S(=O)(=O)c3cccc(Cl)c3)[C@@H](c3cccc(F)c3)C2)cc1. The summed E-state index contributed by atoms with van der Waals surface area (Å²) >= 11 is 6.01. The summed E-state index contributed by atoms with van der Waals surface area (Å²) < 4.78 is 67.9. The van der Waals surface area contributed by atoms with Crippen LogP contribution in [0.2, 0.25) is 5.02 Å². The van der Waals surface area contributed by atoms with Gasteiger partial charge in [0.1, 0.15) is 5.82 Å². The lowest BCUT2D eigenvalue weighted by atomic mass is 9.99. The molecule has 1 N–H and O–H groups in total. The predicted octanol–water partition coefficient (Wildman–Crippen LogP) is 4.78. The van der Waals surface area contributed by atoms with Crippen molar-refractivity contribution in [3.63, 3.8) is 0 Å². The van der Waals surface area contributed by atoms with Gasteiger partial charge in [-0.25, -0.2) is 12.8 Å². The van der Waals surface area contributed by atoms with Crippen LogP contribution in [0.4, 0.5) is 10.1 Å². The first kappa shape index (κ1) is 24.2. The van der Waals surface area contributed by atoms with Crippen LogP contribution in [0.5, 0.6) is 0 Å². The van der Waals surface area contributed by atoms with E-state index in [9.17, 15) is 21.2 Å². The van der Waals surface area contributed by atoms with Gasteiger partial charge in [0.25, 0.3) is 10.0 Å². The summed E-state index contributed by atoms with van der Waals surface area (Å²) in [6.07, 6.45) is 0.198. The minimum atomic E-state index is -4.10. The van der Waals surface area contributed by atoms with Crippen LogP contribution in [0.25, 0.3) is 0 Å². The van der Waals surface area contributed by atoms with Crippen molar-refractivity contribution in [3.05, 3.63) is 94.8 Å². The summed E-state index contributed by atoms with van der Waals surface area (Å²) in [7, 11) is -7.53. The van der Waals surface area contributed by atoms with E-state index in [-0.39, 0.29) is 22.1 Å². The molecule has 1 atom stereocenters. The van der Waals surface area contributed by atoms with E-state index in [2.05, 4.69) is 9.82 Å². The van der Waals surface area contributed by atoms with E-state index in [0.717, 1.165) is 4.41 Å². The molecule has 0 bridgehead atoms. The van der Waals surface area contributed by atoms with Gasteiger partial charge in [0.15, 0.2) is 0 Å². The summed E-state index contributed by atoms with van der Waals surface area (Å²) in [6, 6.07) is 17.3. The van der Waals surface area contributed by atoms with Crippen LogP contribution >= 0.6 is 11.6 Å². The van der Waals surface area contributed by atoms with Gasteiger partial charge in [-0.15, -0.1) is 0 Å². The van der Waals surface area contributed by atoms with Gasteiger partial charge in [-0.1, -0.05) is 41.9 Å². The molecule has 11 heteroatoms. The molecule has 3 aromatic rings. The second-order valence-corrected chi connectivity index (χ2v) is 11.9. The number of sulfonamides is 2. The minimum absolute atomic E-state index is 0.0317. The Kier molecular flexibility index (Phi) is 6.66. The Bertz CT molecular complexity index is 1460. The Morgan fingerprint density at radius 1 is 1.03 bits per heavy atom. The molecule has 0 radical (unpaired) electrons. The predicted molar refractivity (Wildman–Crippen MR) is 130 cm³/mol. The molecule has 1 heterocycles. The van der Waals surface area contributed by atoms with Gasteiger partial charge in [0.2, 0.25) is 10.0 Å². The van der Waals surface area contributed by atoms with Crippen molar-refractivity contribution >= 4 is 43.0 Å². The van der Waals surface area contributed by atoms with Crippen molar-refractivity contribution in [3.8, 4) is 0 Å². The fourth-order valence-electron chi connectivity index (χ4n) is 3.56. The van der Waals surface area contributed by atoms with Gasteiger partial charge < -0.3 is 0 Å². The zero-order chi connectivity index (χ0) is 24.5. The standard InChI is InChI=1S/C23H21ClFN3O4S2/c1-2-33(29,30)27-20-11-9-16(10-12-20)22-15-23(17-5-3-7-19(25)13-17)28(26-22)34(31,32)21-8-4-6-18(24)14-21/h3-14,23,27H,2,15H2,1H3/t23-/m1/s1. The highest BCUT2D eigenvalue weighted by molar-refractivity contribution is 7.92. The molecule has 0 amide bonds. The molecule has 0 saturated carbocycles. The topological polar surface area (TPSA) is 95.9 Å². The third-order valence-electron chi connectivity index (χ3n) is 5.32. The van der Waals surface area contributed by atoms with E-state index < -0.39 is 31.9 Å². The number of rotatable bonds is 7. The molecule has 0 fully saturated rings. The molecule has 1 aliphatic heterocycles. The van der Waals surface area contributed by atoms with Crippen LogP contribution in [0.3, 0.4) is 0 Å². The normalized spacial score (nSPS) is 16.4. The Morgan fingerprint density at radius 3 is 2.38 bits per heavy atom. The molecule has 7 nitrogen and oxygen atoms in total. The number of anilines is 1. The summed E-state index contributed by atoms with van der Waals surface area (Å²) in [5.41, 5.74) is 1.92. The number of halogens is 2. The summed E-state index contributed by atoms with van der Waals surface area (Å²) in [6.45, 7) is 1.53. The average molecular weight is 522 g/mol. The first-order valence-corrected chi connectivity index (χ1v) is 13.8. The van der Waals surface area contributed by atoms with Crippen molar-refractivity contribution in [2.24, 2.45) is 5.10 Å². The third-order valence-corrected chi connectivity index (χ3v) is 8.54. The maximum atomic E-state index is 14.0. The smallest absolute Gasteiger partial charge is 0.279 e. The molecule has 0 spiro atoms. The molecule has 1 aliphatic rings. The van der Waals surface area contributed by atoms with Crippen LogP contribution in [0.1, 0.15) is 30.5 Å². The van der Waals surface area contributed by atoms with Gasteiger partial charge >= 0.3 is 0 Å². The first-order chi connectivity index (χ1) is 16.1. The summed E-state index contributed by atoms with van der Waals surface area (Å²) in [4.78, 5) is -0.0317. The highest BCUT2D eigenvalue weighted by Crippen LogP contribution is 2.37. The lowest BCUT2D eigenvalue weighted by Gasteiger charge is -2.23. The molecule has 3 aromatic carbocycles. The Morgan fingerprint density at radius 2 is 1.74 bits per heavy atom. The van der Waals surface area contributed by atoms with E-state index in [4.69, 9.17) is 11.6 Å². The third kappa shape index (κ3) is 5.08.